The highest BCUT2D eigenvalue weighted by Gasteiger charge is 2.36. The maximum absolute atomic E-state index is 12.3. The number of guanidine groups is 1. The number of hydrogen-bond acceptors (Lipinski definition) is 6. The molecule has 2 unspecified atom stereocenters. The Morgan fingerprint density at radius 2 is 2.00 bits per heavy atom. The number of piperazine rings is 1. The van der Waals surface area contributed by atoms with Crippen LogP contribution >= 0.6 is 24.0 Å². The van der Waals surface area contributed by atoms with Gasteiger partial charge >= 0.3 is 6.09 Å². The Hall–Kier alpha value is -0.770. The Balaban J connectivity index is 0.00000338. The molecule has 0 radical (unpaired) electrons. The molecule has 1 N–H and O–H groups in total. The predicted molar refractivity (Wildman–Crippen MR) is 116 cm³/mol. The Bertz CT molecular complexity index is 490. The quantitative estimate of drug-likeness (QED) is 0.611. The molecule has 2 aliphatic rings. The highest BCUT2D eigenvalue weighted by atomic mass is 127. The molecule has 0 bridgehead atoms. The number of carbonyl (C=O) groups is 1. The molecule has 0 aromatic carbocycles. The summed E-state index contributed by atoms with van der Waals surface area (Å²) in [7, 11) is 0. The average molecular weight is 481 g/mol. The van der Waals surface area contributed by atoms with Crippen LogP contribution in [0.2, 0.25) is 0 Å². The minimum absolute atomic E-state index is 0. The van der Waals surface area contributed by atoms with Crippen LogP contribution in [0.25, 0.3) is 0 Å². The van der Waals surface area contributed by atoms with Crippen LogP contribution in [0, 0.1) is 0 Å². The lowest BCUT2D eigenvalue weighted by Gasteiger charge is -2.39. The highest BCUT2D eigenvalue weighted by Crippen LogP contribution is 2.18. The number of likely N-dealkylation sites (N-methyl/N-ethyl adjacent to an activating group) is 1. The van der Waals surface area contributed by atoms with Gasteiger partial charge in [0.25, 0.3) is 0 Å². The van der Waals surface area contributed by atoms with Crippen molar-refractivity contribution in [3.8, 4) is 0 Å². The van der Waals surface area contributed by atoms with E-state index in [0.29, 0.717) is 19.1 Å². The second-order valence-corrected chi connectivity index (χ2v) is 7.89. The fourth-order valence-electron chi connectivity index (χ4n) is 3.44. The normalized spacial score (nSPS) is 21.0. The fraction of sp³-hybridized carbons (Fsp3) is 0.889. The van der Waals surface area contributed by atoms with Gasteiger partial charge in [0, 0.05) is 32.2 Å². The third kappa shape index (κ3) is 6.14. The Morgan fingerprint density at radius 1 is 1.35 bits per heavy atom. The molecule has 0 aromatic heterocycles. The van der Waals surface area contributed by atoms with E-state index < -0.39 is 5.60 Å². The van der Waals surface area contributed by atoms with E-state index in [9.17, 15) is 4.79 Å². The maximum Gasteiger partial charge on any atom is 0.410 e. The summed E-state index contributed by atoms with van der Waals surface area (Å²) in [6.45, 7) is 18.2. The zero-order valence-corrected chi connectivity index (χ0v) is 19.4. The first-order valence-electron chi connectivity index (χ1n) is 9.52. The van der Waals surface area contributed by atoms with Gasteiger partial charge in [-0.2, -0.15) is 0 Å². The Labute approximate surface area is 175 Å². The van der Waals surface area contributed by atoms with Gasteiger partial charge in [0.2, 0.25) is 0 Å². The lowest BCUT2D eigenvalue weighted by atomic mass is 10.2. The monoisotopic (exact) mass is 481 g/mol. The SMILES string of the molecule is CCN(CC)C(C)CNC1=NCC2CN(C(=O)OC(C)(C)C)CCN12.I. The first-order chi connectivity index (χ1) is 11.7. The standard InChI is InChI=1S/C18H35N5O2.HI/c1-7-21(8-2)14(3)11-19-16-20-12-15-13-22(9-10-23(15)16)17(24)25-18(4,5)6;/h14-15H,7-13H2,1-6H3,(H,19,20);1H. The molecule has 0 saturated carbocycles. The molecule has 2 heterocycles. The molecule has 26 heavy (non-hydrogen) atoms. The van der Waals surface area contributed by atoms with Gasteiger partial charge in [-0.05, 0) is 40.8 Å². The zero-order chi connectivity index (χ0) is 18.6. The molecule has 1 saturated heterocycles. The summed E-state index contributed by atoms with van der Waals surface area (Å²) >= 11 is 0. The number of hydrogen-bond donors (Lipinski definition) is 1. The molecule has 0 aromatic rings. The summed E-state index contributed by atoms with van der Waals surface area (Å²) in [4.78, 5) is 23.5. The van der Waals surface area contributed by atoms with Crippen molar-refractivity contribution in [2.75, 3.05) is 45.8 Å². The molecule has 2 rings (SSSR count). The molecule has 0 spiro atoms. The van der Waals surface area contributed by atoms with E-state index in [0.717, 1.165) is 38.7 Å². The molecule has 2 atom stereocenters. The van der Waals surface area contributed by atoms with Gasteiger partial charge in [-0.15, -0.1) is 24.0 Å². The Morgan fingerprint density at radius 3 is 2.58 bits per heavy atom. The second-order valence-electron chi connectivity index (χ2n) is 7.89. The van der Waals surface area contributed by atoms with Gasteiger partial charge in [0.05, 0.1) is 12.6 Å². The fourth-order valence-corrected chi connectivity index (χ4v) is 3.44. The van der Waals surface area contributed by atoms with Crippen LogP contribution in [-0.2, 0) is 4.74 Å². The van der Waals surface area contributed by atoms with Crippen LogP contribution in [0.1, 0.15) is 41.5 Å². The first kappa shape index (κ1) is 23.3. The summed E-state index contributed by atoms with van der Waals surface area (Å²) in [5.41, 5.74) is -0.451. The maximum atomic E-state index is 12.3. The third-order valence-corrected chi connectivity index (χ3v) is 4.85. The van der Waals surface area contributed by atoms with Crippen molar-refractivity contribution in [3.63, 3.8) is 0 Å². The van der Waals surface area contributed by atoms with Crippen LogP contribution < -0.4 is 5.32 Å². The number of amides is 1. The van der Waals surface area contributed by atoms with Crippen molar-refractivity contribution in [2.24, 2.45) is 4.99 Å². The largest absolute Gasteiger partial charge is 0.444 e. The first-order valence-corrected chi connectivity index (χ1v) is 9.52. The third-order valence-electron chi connectivity index (χ3n) is 4.85. The molecule has 2 aliphatic heterocycles. The second kappa shape index (κ2) is 9.96. The van der Waals surface area contributed by atoms with E-state index >= 15 is 0 Å². The van der Waals surface area contributed by atoms with Crippen molar-refractivity contribution in [3.05, 3.63) is 0 Å². The summed E-state index contributed by atoms with van der Waals surface area (Å²) < 4.78 is 5.49. The van der Waals surface area contributed by atoms with Crippen molar-refractivity contribution < 1.29 is 9.53 Å². The lowest BCUT2D eigenvalue weighted by molar-refractivity contribution is 0.0137. The number of aliphatic imine (C=N–C) groups is 1. The van der Waals surface area contributed by atoms with E-state index in [4.69, 9.17) is 4.74 Å². The van der Waals surface area contributed by atoms with E-state index in [1.165, 1.54) is 0 Å². The highest BCUT2D eigenvalue weighted by molar-refractivity contribution is 14.0. The van der Waals surface area contributed by atoms with Gasteiger partial charge < -0.3 is 19.9 Å². The Kier molecular flexibility index (Phi) is 8.92. The number of fused-ring (bicyclic) bond motifs is 1. The summed E-state index contributed by atoms with van der Waals surface area (Å²) in [5.74, 6) is 0.979. The number of nitrogens with one attached hydrogen (secondary N) is 1. The van der Waals surface area contributed by atoms with Crippen LogP contribution in [-0.4, -0.2) is 90.3 Å². The molecule has 152 valence electrons. The number of ether oxygens (including phenoxy) is 1. The summed E-state index contributed by atoms with van der Waals surface area (Å²) in [6.07, 6.45) is -0.219. The van der Waals surface area contributed by atoms with E-state index in [-0.39, 0.29) is 36.1 Å². The van der Waals surface area contributed by atoms with Gasteiger partial charge in [-0.3, -0.25) is 9.89 Å². The molecule has 8 heteroatoms. The predicted octanol–water partition coefficient (Wildman–Crippen LogP) is 2.22. The molecule has 1 fully saturated rings. The minimum Gasteiger partial charge on any atom is -0.444 e. The van der Waals surface area contributed by atoms with Crippen LogP contribution in [0.4, 0.5) is 4.79 Å². The van der Waals surface area contributed by atoms with Gasteiger partial charge in [-0.25, -0.2) is 4.79 Å². The molecule has 0 aliphatic carbocycles. The van der Waals surface area contributed by atoms with Gasteiger partial charge in [0.15, 0.2) is 5.96 Å². The van der Waals surface area contributed by atoms with Crippen molar-refractivity contribution in [2.45, 2.75) is 59.2 Å². The van der Waals surface area contributed by atoms with Gasteiger partial charge in [-0.1, -0.05) is 13.8 Å². The van der Waals surface area contributed by atoms with Crippen molar-refractivity contribution in [1.29, 1.82) is 0 Å². The topological polar surface area (TPSA) is 60.4 Å². The smallest absolute Gasteiger partial charge is 0.410 e. The molecular formula is C18H36IN5O2. The van der Waals surface area contributed by atoms with Crippen LogP contribution in [0.15, 0.2) is 4.99 Å². The van der Waals surface area contributed by atoms with Crippen LogP contribution in [0.5, 0.6) is 0 Å². The molecule has 7 nitrogen and oxygen atoms in total. The number of carbonyl (C=O) groups excluding carboxylic acids is 1. The molecular weight excluding hydrogens is 445 g/mol. The van der Waals surface area contributed by atoms with E-state index in [2.05, 4.69) is 40.9 Å². The zero-order valence-electron chi connectivity index (χ0n) is 17.1. The van der Waals surface area contributed by atoms with E-state index in [1.807, 2.05) is 25.7 Å². The summed E-state index contributed by atoms with van der Waals surface area (Å²) in [5, 5.41) is 3.51. The van der Waals surface area contributed by atoms with Crippen LogP contribution in [0.3, 0.4) is 0 Å². The number of nitrogens with zero attached hydrogens (tertiary/aromatic N) is 4. The minimum atomic E-state index is -0.451. The van der Waals surface area contributed by atoms with Gasteiger partial charge in [0.1, 0.15) is 5.60 Å². The van der Waals surface area contributed by atoms with Crippen molar-refractivity contribution >= 4 is 36.0 Å². The number of rotatable bonds is 5. The van der Waals surface area contributed by atoms with E-state index in [1.54, 1.807) is 0 Å². The average Bonchev–Trinajstić information content (AvgIpc) is 2.94. The van der Waals surface area contributed by atoms with Crippen molar-refractivity contribution in [1.82, 2.24) is 20.0 Å². The summed E-state index contributed by atoms with van der Waals surface area (Å²) in [6, 6.07) is 0.729. The molecule has 1 amide bonds. The number of halogens is 1. The lowest BCUT2D eigenvalue weighted by Crippen LogP contribution is -2.58.